The minimum absolute atomic E-state index is 0.849. The van der Waals surface area contributed by atoms with Gasteiger partial charge in [0.05, 0.1) is 12.8 Å². The van der Waals surface area contributed by atoms with E-state index in [4.69, 9.17) is 0 Å². The van der Waals surface area contributed by atoms with E-state index in [9.17, 15) is 0 Å². The van der Waals surface area contributed by atoms with Crippen molar-refractivity contribution in [3.63, 3.8) is 0 Å². The van der Waals surface area contributed by atoms with Crippen molar-refractivity contribution in [2.45, 2.75) is 38.1 Å². The Morgan fingerprint density at radius 2 is 1.80 bits per heavy atom. The number of likely N-dealkylation sites (N-methyl/N-ethyl adjacent to an activating group) is 1. The van der Waals surface area contributed by atoms with E-state index in [1.165, 1.54) is 64.2 Å². The molecule has 1 heterocycles. The van der Waals surface area contributed by atoms with Crippen LogP contribution in [0.15, 0.2) is 0 Å². The van der Waals surface area contributed by atoms with Gasteiger partial charge in [-0.1, -0.05) is 5.92 Å². The predicted octanol–water partition coefficient (Wildman–Crippen LogP) is 1.98. The fraction of sp³-hybridized carbons (Fsp3) is 0.846. The summed E-state index contributed by atoms with van der Waals surface area (Å²) in [6.45, 7) is 9.20. The second-order valence-electron chi connectivity index (χ2n) is 5.17. The van der Waals surface area contributed by atoms with Crippen molar-refractivity contribution in [2.75, 3.05) is 33.2 Å². The maximum atomic E-state index is 4.10. The minimum atomic E-state index is 0.849. The first-order chi connectivity index (χ1) is 7.25. The van der Waals surface area contributed by atoms with Crippen LogP contribution in [0.3, 0.4) is 0 Å². The number of hydrogen-bond donors (Lipinski definition) is 0. The van der Waals surface area contributed by atoms with E-state index in [1.807, 2.05) is 0 Å². The molecule has 0 aromatic heterocycles. The van der Waals surface area contributed by atoms with Crippen LogP contribution in [0.2, 0.25) is 0 Å². The average Bonchev–Trinajstić information content (AvgIpc) is 2.44. The summed E-state index contributed by atoms with van der Waals surface area (Å²) in [5.74, 6) is 1.47. The Bertz CT molecular complexity index is 185. The molecule has 0 radical (unpaired) electrons. The third-order valence-electron chi connectivity index (χ3n) is 3.93. The summed E-state index contributed by atoms with van der Waals surface area (Å²) < 4.78 is 0. The van der Waals surface area contributed by atoms with Gasteiger partial charge in [-0.25, -0.2) is 0 Å². The monoisotopic (exact) mass is 208 g/mol. The fourth-order valence-electron chi connectivity index (χ4n) is 2.81. The Morgan fingerprint density at radius 1 is 1.07 bits per heavy atom. The molecule has 0 aromatic rings. The molecule has 2 nitrogen and oxygen atoms in total. The van der Waals surface area contributed by atoms with E-state index in [2.05, 4.69) is 23.8 Å². The van der Waals surface area contributed by atoms with E-state index in [1.54, 1.807) is 0 Å². The molecule has 2 aliphatic rings. The van der Waals surface area contributed by atoms with Crippen molar-refractivity contribution < 1.29 is 0 Å². The first-order valence-electron chi connectivity index (χ1n) is 6.35. The molecule has 1 saturated carbocycles. The highest BCUT2D eigenvalue weighted by atomic mass is 15.2. The number of nitrogens with zero attached hydrogens (tertiary/aromatic N) is 2. The SMILES string of the molecule is [CH2-][C+]1CCC(N2CCCN(C)CC2)CC1. The summed E-state index contributed by atoms with van der Waals surface area (Å²) in [6, 6.07) is 0.849. The van der Waals surface area contributed by atoms with Crippen LogP contribution in [0.1, 0.15) is 32.1 Å². The predicted molar refractivity (Wildman–Crippen MR) is 64.5 cm³/mol. The van der Waals surface area contributed by atoms with Crippen molar-refractivity contribution >= 4 is 0 Å². The van der Waals surface area contributed by atoms with Crippen LogP contribution in [0.5, 0.6) is 0 Å². The fourth-order valence-corrected chi connectivity index (χ4v) is 2.81. The molecule has 0 N–H and O–H groups in total. The van der Waals surface area contributed by atoms with Crippen LogP contribution in [0.4, 0.5) is 0 Å². The molecule has 1 aliphatic carbocycles. The van der Waals surface area contributed by atoms with E-state index >= 15 is 0 Å². The molecule has 0 atom stereocenters. The summed E-state index contributed by atoms with van der Waals surface area (Å²) in [4.78, 5) is 5.18. The van der Waals surface area contributed by atoms with Gasteiger partial charge in [0.2, 0.25) is 0 Å². The smallest absolute Gasteiger partial charge is 0.0607 e. The minimum Gasteiger partial charge on any atom is -0.305 e. The lowest BCUT2D eigenvalue weighted by Crippen LogP contribution is -2.39. The first kappa shape index (κ1) is 11.3. The third kappa shape index (κ3) is 3.12. The lowest BCUT2D eigenvalue weighted by atomic mass is 9.86. The maximum Gasteiger partial charge on any atom is 0.0607 e. The van der Waals surface area contributed by atoms with E-state index in [0.29, 0.717) is 0 Å². The third-order valence-corrected chi connectivity index (χ3v) is 3.93. The Morgan fingerprint density at radius 3 is 2.53 bits per heavy atom. The molecule has 0 amide bonds. The second-order valence-corrected chi connectivity index (χ2v) is 5.17. The quantitative estimate of drug-likeness (QED) is 0.608. The topological polar surface area (TPSA) is 6.48 Å². The van der Waals surface area contributed by atoms with Crippen LogP contribution in [-0.4, -0.2) is 49.1 Å². The normalized spacial score (nSPS) is 28.0. The van der Waals surface area contributed by atoms with Crippen LogP contribution in [0.25, 0.3) is 0 Å². The molecule has 0 aromatic carbocycles. The second kappa shape index (κ2) is 5.22. The van der Waals surface area contributed by atoms with Crippen molar-refractivity contribution in [1.82, 2.24) is 9.80 Å². The highest BCUT2D eigenvalue weighted by Gasteiger charge is 2.27. The van der Waals surface area contributed by atoms with Gasteiger partial charge in [-0.05, 0) is 26.6 Å². The Labute approximate surface area is 94.6 Å². The Balaban J connectivity index is 1.82. The molecule has 2 rings (SSSR count). The molecule has 1 aliphatic heterocycles. The molecule has 2 fully saturated rings. The van der Waals surface area contributed by atoms with Crippen molar-refractivity contribution in [3.05, 3.63) is 12.8 Å². The van der Waals surface area contributed by atoms with E-state index in [-0.39, 0.29) is 0 Å². The largest absolute Gasteiger partial charge is 0.305 e. The summed E-state index contributed by atoms with van der Waals surface area (Å²) in [6.07, 6.45) is 6.56. The highest BCUT2D eigenvalue weighted by molar-refractivity contribution is 4.99. The standard InChI is InChI=1S/C13H24N2/c1-12-4-6-13(7-5-12)15-9-3-8-14(2)10-11-15/h13H,1,3-11H2,2H3. The highest BCUT2D eigenvalue weighted by Crippen LogP contribution is 2.28. The van der Waals surface area contributed by atoms with Crippen LogP contribution in [0, 0.1) is 12.8 Å². The summed E-state index contributed by atoms with van der Waals surface area (Å²) in [5, 5.41) is 0. The van der Waals surface area contributed by atoms with Crippen LogP contribution in [-0.2, 0) is 0 Å². The number of hydrogen-bond acceptors (Lipinski definition) is 2. The van der Waals surface area contributed by atoms with E-state index < -0.39 is 0 Å². The summed E-state index contributed by atoms with van der Waals surface area (Å²) >= 11 is 0. The van der Waals surface area contributed by atoms with Gasteiger partial charge in [0.1, 0.15) is 0 Å². The maximum absolute atomic E-state index is 4.10. The molecule has 15 heavy (non-hydrogen) atoms. The van der Waals surface area contributed by atoms with Gasteiger partial charge in [-0.3, -0.25) is 4.90 Å². The summed E-state index contributed by atoms with van der Waals surface area (Å²) in [7, 11) is 2.24. The Kier molecular flexibility index (Phi) is 3.92. The van der Waals surface area contributed by atoms with E-state index in [0.717, 1.165) is 6.04 Å². The van der Waals surface area contributed by atoms with Crippen LogP contribution >= 0.6 is 0 Å². The molecular weight excluding hydrogens is 184 g/mol. The van der Waals surface area contributed by atoms with Gasteiger partial charge < -0.3 is 4.90 Å². The van der Waals surface area contributed by atoms with Gasteiger partial charge in [0.15, 0.2) is 0 Å². The van der Waals surface area contributed by atoms with Crippen molar-refractivity contribution in [1.29, 1.82) is 0 Å². The lowest BCUT2D eigenvalue weighted by molar-refractivity contribution is 0.169. The lowest BCUT2D eigenvalue weighted by Gasteiger charge is -2.33. The van der Waals surface area contributed by atoms with Gasteiger partial charge in [-0.15, -0.1) is 6.92 Å². The first-order valence-corrected chi connectivity index (χ1v) is 6.35. The zero-order valence-corrected chi connectivity index (χ0v) is 10.0. The number of rotatable bonds is 1. The zero-order valence-electron chi connectivity index (χ0n) is 10.0. The average molecular weight is 208 g/mol. The zero-order chi connectivity index (χ0) is 10.7. The summed E-state index contributed by atoms with van der Waals surface area (Å²) in [5.41, 5.74) is 0. The van der Waals surface area contributed by atoms with Gasteiger partial charge >= 0.3 is 0 Å². The Hall–Kier alpha value is -0.210. The van der Waals surface area contributed by atoms with Gasteiger partial charge in [0, 0.05) is 32.0 Å². The molecule has 0 spiro atoms. The van der Waals surface area contributed by atoms with Gasteiger partial charge in [0.25, 0.3) is 0 Å². The molecule has 1 saturated heterocycles. The van der Waals surface area contributed by atoms with Crippen molar-refractivity contribution in [3.8, 4) is 0 Å². The molecule has 2 heteroatoms. The van der Waals surface area contributed by atoms with Crippen LogP contribution < -0.4 is 0 Å². The molecular formula is C13H24N2. The molecule has 0 bridgehead atoms. The molecule has 86 valence electrons. The molecule has 0 unspecified atom stereocenters. The van der Waals surface area contributed by atoms with Crippen molar-refractivity contribution in [2.24, 2.45) is 0 Å². The van der Waals surface area contributed by atoms with Gasteiger partial charge in [-0.2, -0.15) is 0 Å².